The van der Waals surface area contributed by atoms with Crippen LogP contribution in [0.25, 0.3) is 0 Å². The van der Waals surface area contributed by atoms with E-state index in [9.17, 15) is 4.79 Å². The highest BCUT2D eigenvalue weighted by Gasteiger charge is 2.11. The number of anilines is 1. The van der Waals surface area contributed by atoms with E-state index in [0.29, 0.717) is 16.7 Å². The van der Waals surface area contributed by atoms with Gasteiger partial charge in [-0.3, -0.25) is 4.79 Å². The van der Waals surface area contributed by atoms with Crippen LogP contribution in [0.2, 0.25) is 0 Å². The number of ether oxygens (including phenoxy) is 1. The van der Waals surface area contributed by atoms with Gasteiger partial charge in [0.1, 0.15) is 5.75 Å². The Bertz CT molecular complexity index is 600. The number of nitrogens with one attached hydrogen (secondary N) is 2. The predicted octanol–water partition coefficient (Wildman–Crippen LogP) is 1.95. The minimum Gasteiger partial charge on any atom is -0.497 e. The molecule has 2 N–H and O–H groups in total. The fraction of sp³-hybridized carbons (Fsp3) is 0.357. The van der Waals surface area contributed by atoms with Gasteiger partial charge in [-0.2, -0.15) is 0 Å². The summed E-state index contributed by atoms with van der Waals surface area (Å²) in [6.45, 7) is 3.27. The van der Waals surface area contributed by atoms with Gasteiger partial charge in [0, 0.05) is 13.1 Å². The maximum Gasteiger partial charge on any atom is 0.282 e. The quantitative estimate of drug-likeness (QED) is 0.817. The highest BCUT2D eigenvalue weighted by molar-refractivity contribution is 7.17. The summed E-state index contributed by atoms with van der Waals surface area (Å²) in [7, 11) is 1.64. The Morgan fingerprint density at radius 1 is 1.38 bits per heavy atom. The molecule has 0 aliphatic carbocycles. The number of rotatable bonds is 7. The monoisotopic (exact) mass is 306 g/mol. The number of amides is 1. The number of carbonyl (C=O) groups excluding carboxylic acids is 1. The molecule has 1 aromatic heterocycles. The first-order valence-electron chi connectivity index (χ1n) is 6.71. The van der Waals surface area contributed by atoms with E-state index < -0.39 is 0 Å². The van der Waals surface area contributed by atoms with E-state index in [1.165, 1.54) is 11.3 Å². The van der Waals surface area contributed by atoms with Crippen molar-refractivity contribution in [3.05, 3.63) is 34.8 Å². The first kappa shape index (κ1) is 15.2. The topological polar surface area (TPSA) is 76.1 Å². The third-order valence-corrected chi connectivity index (χ3v) is 3.66. The van der Waals surface area contributed by atoms with E-state index in [1.807, 2.05) is 31.2 Å². The van der Waals surface area contributed by atoms with Crippen LogP contribution < -0.4 is 15.4 Å². The Kier molecular flexibility index (Phi) is 5.51. The van der Waals surface area contributed by atoms with E-state index in [1.54, 1.807) is 7.11 Å². The molecule has 21 heavy (non-hydrogen) atoms. The zero-order valence-electron chi connectivity index (χ0n) is 12.0. The summed E-state index contributed by atoms with van der Waals surface area (Å²) < 4.78 is 5.17. The molecule has 7 heteroatoms. The van der Waals surface area contributed by atoms with Crippen molar-refractivity contribution in [3.63, 3.8) is 0 Å². The number of hydrogen-bond donors (Lipinski definition) is 2. The Balaban J connectivity index is 1.83. The van der Waals surface area contributed by atoms with Crippen molar-refractivity contribution in [1.82, 2.24) is 15.5 Å². The van der Waals surface area contributed by atoms with Crippen LogP contribution in [0.3, 0.4) is 0 Å². The fourth-order valence-corrected chi connectivity index (χ4v) is 2.49. The molecule has 6 nitrogen and oxygen atoms in total. The summed E-state index contributed by atoms with van der Waals surface area (Å²) in [5, 5.41) is 14.7. The van der Waals surface area contributed by atoms with Gasteiger partial charge in [0.05, 0.1) is 7.11 Å². The van der Waals surface area contributed by atoms with Crippen molar-refractivity contribution in [2.45, 2.75) is 13.3 Å². The van der Waals surface area contributed by atoms with Crippen molar-refractivity contribution >= 4 is 22.4 Å². The molecule has 0 spiro atoms. The maximum atomic E-state index is 11.9. The molecule has 1 heterocycles. The number of aromatic nitrogens is 2. The van der Waals surface area contributed by atoms with Crippen LogP contribution in [-0.2, 0) is 6.42 Å². The summed E-state index contributed by atoms with van der Waals surface area (Å²) in [4.78, 5) is 11.9. The molecule has 1 amide bonds. The average molecular weight is 306 g/mol. The van der Waals surface area contributed by atoms with E-state index >= 15 is 0 Å². The smallest absolute Gasteiger partial charge is 0.282 e. The van der Waals surface area contributed by atoms with Gasteiger partial charge in [0.2, 0.25) is 10.1 Å². The standard InChI is InChI=1S/C14H18N4O2S/c1-3-15-14-18-17-13(21-14)12(19)16-8-7-10-5-4-6-11(9-10)20-2/h4-6,9H,3,7-8H2,1-2H3,(H,15,18)(H,16,19). The van der Waals surface area contributed by atoms with Gasteiger partial charge in [-0.15, -0.1) is 10.2 Å². The van der Waals surface area contributed by atoms with Crippen LogP contribution in [0.15, 0.2) is 24.3 Å². The lowest BCUT2D eigenvalue weighted by Crippen LogP contribution is -2.25. The molecule has 0 aliphatic heterocycles. The first-order valence-corrected chi connectivity index (χ1v) is 7.53. The largest absolute Gasteiger partial charge is 0.497 e. The zero-order chi connectivity index (χ0) is 15.1. The van der Waals surface area contributed by atoms with Crippen molar-refractivity contribution in [3.8, 4) is 5.75 Å². The number of carbonyl (C=O) groups is 1. The molecule has 0 atom stereocenters. The number of benzene rings is 1. The third kappa shape index (κ3) is 4.42. The molecule has 0 unspecified atom stereocenters. The minimum absolute atomic E-state index is 0.195. The molecule has 0 saturated heterocycles. The summed E-state index contributed by atoms with van der Waals surface area (Å²) in [5.74, 6) is 0.623. The molecule has 2 aromatic rings. The van der Waals surface area contributed by atoms with Crippen molar-refractivity contribution in [1.29, 1.82) is 0 Å². The highest BCUT2D eigenvalue weighted by Crippen LogP contribution is 2.15. The van der Waals surface area contributed by atoms with Gasteiger partial charge in [0.25, 0.3) is 5.91 Å². The Morgan fingerprint density at radius 3 is 3.00 bits per heavy atom. The lowest BCUT2D eigenvalue weighted by Gasteiger charge is -2.05. The van der Waals surface area contributed by atoms with Crippen LogP contribution in [0.5, 0.6) is 5.75 Å². The SMILES string of the molecule is CCNc1nnc(C(=O)NCCc2cccc(OC)c2)s1. The Hall–Kier alpha value is -2.15. The lowest BCUT2D eigenvalue weighted by molar-refractivity contribution is 0.0953. The normalized spacial score (nSPS) is 10.2. The maximum absolute atomic E-state index is 11.9. The molecule has 0 radical (unpaired) electrons. The van der Waals surface area contributed by atoms with Crippen LogP contribution in [0.1, 0.15) is 22.3 Å². The van der Waals surface area contributed by atoms with Crippen molar-refractivity contribution in [2.24, 2.45) is 0 Å². The van der Waals surface area contributed by atoms with E-state index in [4.69, 9.17) is 4.74 Å². The molecule has 0 fully saturated rings. The van der Waals surface area contributed by atoms with E-state index in [0.717, 1.165) is 24.3 Å². The van der Waals surface area contributed by atoms with Gasteiger partial charge in [-0.25, -0.2) is 0 Å². The van der Waals surface area contributed by atoms with Crippen LogP contribution in [0.4, 0.5) is 5.13 Å². The lowest BCUT2D eigenvalue weighted by atomic mass is 10.1. The van der Waals surface area contributed by atoms with Gasteiger partial charge in [-0.05, 0) is 31.0 Å². The summed E-state index contributed by atoms with van der Waals surface area (Å²) in [6.07, 6.45) is 0.738. The zero-order valence-corrected chi connectivity index (χ0v) is 12.9. The van der Waals surface area contributed by atoms with Crippen LogP contribution in [-0.4, -0.2) is 36.3 Å². The molecule has 1 aromatic carbocycles. The van der Waals surface area contributed by atoms with Gasteiger partial charge in [0.15, 0.2) is 0 Å². The van der Waals surface area contributed by atoms with Crippen molar-refractivity contribution < 1.29 is 9.53 Å². The summed E-state index contributed by atoms with van der Waals surface area (Å²) in [6, 6.07) is 7.79. The predicted molar refractivity (Wildman–Crippen MR) is 83.1 cm³/mol. The number of methoxy groups -OCH3 is 1. The Labute approximate surface area is 127 Å². The molecule has 0 bridgehead atoms. The molecule has 2 rings (SSSR count). The summed E-state index contributed by atoms with van der Waals surface area (Å²) in [5.41, 5.74) is 1.11. The third-order valence-electron chi connectivity index (χ3n) is 2.78. The van der Waals surface area contributed by atoms with Crippen molar-refractivity contribution in [2.75, 3.05) is 25.5 Å². The molecule has 112 valence electrons. The van der Waals surface area contributed by atoms with Gasteiger partial charge >= 0.3 is 0 Å². The number of nitrogens with zero attached hydrogens (tertiary/aromatic N) is 2. The molecule has 0 aliphatic rings. The van der Waals surface area contributed by atoms with E-state index in [2.05, 4.69) is 20.8 Å². The van der Waals surface area contributed by atoms with E-state index in [-0.39, 0.29) is 5.91 Å². The second-order valence-electron chi connectivity index (χ2n) is 4.30. The summed E-state index contributed by atoms with van der Waals surface area (Å²) >= 11 is 1.25. The fourth-order valence-electron chi connectivity index (χ4n) is 1.76. The first-order chi connectivity index (χ1) is 10.2. The molecular formula is C14H18N4O2S. The molecule has 0 saturated carbocycles. The highest BCUT2D eigenvalue weighted by atomic mass is 32.1. The van der Waals surface area contributed by atoms with Crippen LogP contribution >= 0.6 is 11.3 Å². The second kappa shape index (κ2) is 7.58. The van der Waals surface area contributed by atoms with Crippen LogP contribution in [0, 0.1) is 0 Å². The average Bonchev–Trinajstić information content (AvgIpc) is 2.96. The second-order valence-corrected chi connectivity index (χ2v) is 5.28. The Morgan fingerprint density at radius 2 is 2.24 bits per heavy atom. The minimum atomic E-state index is -0.195. The van der Waals surface area contributed by atoms with Gasteiger partial charge in [-0.1, -0.05) is 23.5 Å². The van der Waals surface area contributed by atoms with Gasteiger partial charge < -0.3 is 15.4 Å². The number of hydrogen-bond acceptors (Lipinski definition) is 6. The molecular weight excluding hydrogens is 288 g/mol.